The quantitative estimate of drug-likeness (QED) is 0.606. The molecule has 0 saturated carbocycles. The lowest BCUT2D eigenvalue weighted by Gasteiger charge is -2.11. The summed E-state index contributed by atoms with van der Waals surface area (Å²) in [5.41, 5.74) is 1.80. The maximum Gasteiger partial charge on any atom is 0.328 e. The van der Waals surface area contributed by atoms with Gasteiger partial charge in [-0.25, -0.2) is 4.79 Å². The number of carbonyl (C=O) groups is 1. The van der Waals surface area contributed by atoms with Crippen molar-refractivity contribution in [2.75, 3.05) is 13.7 Å². The predicted molar refractivity (Wildman–Crippen MR) is 74.6 cm³/mol. The Hall–Kier alpha value is -2.23. The maximum atomic E-state index is 10.4. The zero-order chi connectivity index (χ0) is 14.3. The molecule has 0 fully saturated rings. The molecule has 1 rings (SSSR count). The zero-order valence-corrected chi connectivity index (χ0v) is 11.2. The van der Waals surface area contributed by atoms with Gasteiger partial charge in [0.25, 0.3) is 0 Å². The average molecular weight is 262 g/mol. The van der Waals surface area contributed by atoms with Crippen molar-refractivity contribution < 1.29 is 19.4 Å². The highest BCUT2D eigenvalue weighted by molar-refractivity contribution is 5.85. The van der Waals surface area contributed by atoms with E-state index in [0.717, 1.165) is 23.6 Å². The van der Waals surface area contributed by atoms with Crippen LogP contribution in [0.25, 0.3) is 6.08 Å². The first-order valence-electron chi connectivity index (χ1n) is 5.89. The second-order valence-electron chi connectivity index (χ2n) is 4.14. The highest BCUT2D eigenvalue weighted by Gasteiger charge is 2.04. The number of ether oxygens (including phenoxy) is 2. The lowest BCUT2D eigenvalue weighted by molar-refractivity contribution is -0.131. The molecule has 4 heteroatoms. The van der Waals surface area contributed by atoms with E-state index < -0.39 is 5.97 Å². The van der Waals surface area contributed by atoms with E-state index in [0.29, 0.717) is 18.1 Å². The first-order chi connectivity index (χ1) is 9.02. The van der Waals surface area contributed by atoms with Crippen molar-refractivity contribution in [2.45, 2.75) is 13.3 Å². The Bertz CT molecular complexity index is 489. The van der Waals surface area contributed by atoms with Crippen molar-refractivity contribution in [2.24, 2.45) is 0 Å². The molecular formula is C15H18O4. The second-order valence-corrected chi connectivity index (χ2v) is 4.14. The molecule has 0 aliphatic carbocycles. The summed E-state index contributed by atoms with van der Waals surface area (Å²) in [5, 5.41) is 8.57. The van der Waals surface area contributed by atoms with Crippen molar-refractivity contribution in [3.8, 4) is 11.5 Å². The molecule has 1 aromatic rings. The van der Waals surface area contributed by atoms with Crippen molar-refractivity contribution in [1.82, 2.24) is 0 Å². The van der Waals surface area contributed by atoms with Crippen LogP contribution < -0.4 is 9.47 Å². The normalized spacial score (nSPS) is 10.4. The smallest absolute Gasteiger partial charge is 0.328 e. The number of methoxy groups -OCH3 is 1. The van der Waals surface area contributed by atoms with E-state index in [9.17, 15) is 4.79 Å². The van der Waals surface area contributed by atoms with Crippen LogP contribution in [0.5, 0.6) is 11.5 Å². The van der Waals surface area contributed by atoms with E-state index in [4.69, 9.17) is 14.6 Å². The third kappa shape index (κ3) is 5.29. The molecule has 1 aromatic carbocycles. The monoisotopic (exact) mass is 262 g/mol. The number of hydrogen-bond acceptors (Lipinski definition) is 3. The lowest BCUT2D eigenvalue weighted by Crippen LogP contribution is -1.99. The molecule has 102 valence electrons. The van der Waals surface area contributed by atoms with Crippen LogP contribution in [0, 0.1) is 0 Å². The fourth-order valence-corrected chi connectivity index (χ4v) is 1.41. The van der Waals surface area contributed by atoms with Crippen molar-refractivity contribution in [1.29, 1.82) is 0 Å². The molecule has 0 aromatic heterocycles. The number of carboxylic acids is 1. The van der Waals surface area contributed by atoms with Crippen LogP contribution in [0.1, 0.15) is 18.9 Å². The van der Waals surface area contributed by atoms with Crippen LogP contribution in [0.2, 0.25) is 0 Å². The van der Waals surface area contributed by atoms with Crippen molar-refractivity contribution in [3.63, 3.8) is 0 Å². The molecule has 1 N–H and O–H groups in total. The molecule has 0 aliphatic heterocycles. The fraction of sp³-hybridized carbons (Fsp3) is 0.267. The van der Waals surface area contributed by atoms with Gasteiger partial charge in [0.05, 0.1) is 13.7 Å². The third-order valence-corrected chi connectivity index (χ3v) is 2.39. The predicted octanol–water partition coefficient (Wildman–Crippen LogP) is 3.14. The number of benzene rings is 1. The average Bonchev–Trinajstić information content (AvgIpc) is 2.36. The van der Waals surface area contributed by atoms with Crippen LogP contribution in [-0.2, 0) is 4.79 Å². The third-order valence-electron chi connectivity index (χ3n) is 2.39. The first-order valence-corrected chi connectivity index (χ1v) is 5.89. The molecule has 0 radical (unpaired) electrons. The van der Waals surface area contributed by atoms with E-state index in [1.807, 2.05) is 6.92 Å². The van der Waals surface area contributed by atoms with E-state index in [1.54, 1.807) is 25.3 Å². The van der Waals surface area contributed by atoms with Gasteiger partial charge in [-0.05, 0) is 30.7 Å². The number of rotatable bonds is 7. The van der Waals surface area contributed by atoms with Gasteiger partial charge in [0.15, 0.2) is 11.5 Å². The van der Waals surface area contributed by atoms with Gasteiger partial charge in [-0.1, -0.05) is 11.6 Å². The molecular weight excluding hydrogens is 244 g/mol. The van der Waals surface area contributed by atoms with Gasteiger partial charge >= 0.3 is 5.97 Å². The van der Waals surface area contributed by atoms with E-state index in [-0.39, 0.29) is 0 Å². The molecule has 0 atom stereocenters. The molecule has 0 bridgehead atoms. The Balaban J connectivity index is 2.78. The van der Waals surface area contributed by atoms with Gasteiger partial charge in [-0.3, -0.25) is 0 Å². The molecule has 4 nitrogen and oxygen atoms in total. The van der Waals surface area contributed by atoms with E-state index in [1.165, 1.54) is 6.08 Å². The van der Waals surface area contributed by atoms with Crippen LogP contribution in [0.15, 0.2) is 36.4 Å². The number of aliphatic carboxylic acids is 1. The zero-order valence-electron chi connectivity index (χ0n) is 11.2. The topological polar surface area (TPSA) is 55.8 Å². The highest BCUT2D eigenvalue weighted by Crippen LogP contribution is 2.28. The second kappa shape index (κ2) is 7.26. The Morgan fingerprint density at radius 1 is 1.42 bits per heavy atom. The highest BCUT2D eigenvalue weighted by atomic mass is 16.5. The minimum Gasteiger partial charge on any atom is -0.493 e. The largest absolute Gasteiger partial charge is 0.493 e. The summed E-state index contributed by atoms with van der Waals surface area (Å²) >= 11 is 0. The van der Waals surface area contributed by atoms with Crippen LogP contribution in [0.3, 0.4) is 0 Å². The summed E-state index contributed by atoms with van der Waals surface area (Å²) in [4.78, 5) is 10.4. The molecule has 0 aliphatic rings. The lowest BCUT2D eigenvalue weighted by atomic mass is 10.2. The van der Waals surface area contributed by atoms with E-state index >= 15 is 0 Å². The van der Waals surface area contributed by atoms with Crippen molar-refractivity contribution in [3.05, 3.63) is 42.0 Å². The standard InChI is InChI=1S/C15H18O4/c1-11(2)8-9-19-13-6-4-12(5-7-15(16)17)10-14(13)18-3/h4-7,10H,1,8-9H2,2-3H3,(H,16,17)/b7-5+. The molecule has 19 heavy (non-hydrogen) atoms. The van der Waals surface area contributed by atoms with Crippen molar-refractivity contribution >= 4 is 12.0 Å². The number of carboxylic acid groups (broad SMARTS) is 1. The fourth-order valence-electron chi connectivity index (χ4n) is 1.41. The van der Waals surface area contributed by atoms with Crippen LogP contribution in [-0.4, -0.2) is 24.8 Å². The van der Waals surface area contributed by atoms with Gasteiger partial charge in [0.2, 0.25) is 0 Å². The van der Waals surface area contributed by atoms with Gasteiger partial charge in [-0.2, -0.15) is 0 Å². The Kier molecular flexibility index (Phi) is 5.67. The molecule has 0 spiro atoms. The van der Waals surface area contributed by atoms with Gasteiger partial charge < -0.3 is 14.6 Å². The SMILES string of the molecule is C=C(C)CCOc1ccc(/C=C/C(=O)O)cc1OC. The Labute approximate surface area is 113 Å². The molecule has 0 heterocycles. The minimum atomic E-state index is -0.985. The van der Waals surface area contributed by atoms with Crippen LogP contribution in [0.4, 0.5) is 0 Å². The van der Waals surface area contributed by atoms with Gasteiger partial charge in [0, 0.05) is 12.5 Å². The molecule has 0 amide bonds. The Morgan fingerprint density at radius 2 is 2.16 bits per heavy atom. The summed E-state index contributed by atoms with van der Waals surface area (Å²) in [5.74, 6) is 0.228. The summed E-state index contributed by atoms with van der Waals surface area (Å²) < 4.78 is 10.8. The number of hydrogen-bond donors (Lipinski definition) is 1. The molecule has 0 saturated heterocycles. The summed E-state index contributed by atoms with van der Waals surface area (Å²) in [6.45, 7) is 6.29. The van der Waals surface area contributed by atoms with E-state index in [2.05, 4.69) is 6.58 Å². The van der Waals surface area contributed by atoms with Gasteiger partial charge in [-0.15, -0.1) is 6.58 Å². The first kappa shape index (κ1) is 14.8. The summed E-state index contributed by atoms with van der Waals surface area (Å²) in [6, 6.07) is 5.27. The Morgan fingerprint density at radius 3 is 2.74 bits per heavy atom. The maximum absolute atomic E-state index is 10.4. The minimum absolute atomic E-state index is 0.538. The van der Waals surface area contributed by atoms with Gasteiger partial charge in [0.1, 0.15) is 0 Å². The van der Waals surface area contributed by atoms with Crippen LogP contribution >= 0.6 is 0 Å². The summed E-state index contributed by atoms with van der Waals surface area (Å²) in [7, 11) is 1.55. The summed E-state index contributed by atoms with van der Waals surface area (Å²) in [6.07, 6.45) is 3.36. The molecule has 0 unspecified atom stereocenters.